The van der Waals surface area contributed by atoms with Gasteiger partial charge in [-0.2, -0.15) is 0 Å². The highest BCUT2D eigenvalue weighted by molar-refractivity contribution is 7.99. The lowest BCUT2D eigenvalue weighted by molar-refractivity contribution is -0.115. The van der Waals surface area contributed by atoms with Crippen molar-refractivity contribution in [3.05, 3.63) is 20.8 Å². The highest BCUT2D eigenvalue weighted by Crippen LogP contribution is 2.35. The van der Waals surface area contributed by atoms with Crippen LogP contribution in [-0.2, 0) is 24.2 Å². The van der Waals surface area contributed by atoms with E-state index in [0.717, 1.165) is 29.5 Å². The minimum absolute atomic E-state index is 0.0325. The van der Waals surface area contributed by atoms with Crippen LogP contribution in [-0.4, -0.2) is 21.2 Å². The Morgan fingerprint density at radius 1 is 1.45 bits per heavy atom. The van der Waals surface area contributed by atoms with Crippen LogP contribution >= 0.6 is 23.1 Å². The van der Waals surface area contributed by atoms with Gasteiger partial charge in [0.1, 0.15) is 4.83 Å². The molecule has 1 aliphatic rings. The molecule has 3 rings (SSSR count). The van der Waals surface area contributed by atoms with Crippen LogP contribution in [0.5, 0.6) is 0 Å². The number of aryl methyl sites for hydroxylation is 2. The van der Waals surface area contributed by atoms with Gasteiger partial charge in [-0.25, -0.2) is 4.98 Å². The maximum absolute atomic E-state index is 13.0. The van der Waals surface area contributed by atoms with Crippen molar-refractivity contribution in [2.24, 2.45) is 11.7 Å². The summed E-state index contributed by atoms with van der Waals surface area (Å²) in [6.45, 7) is 4.74. The van der Waals surface area contributed by atoms with E-state index in [1.807, 2.05) is 0 Å². The van der Waals surface area contributed by atoms with Gasteiger partial charge in [-0.05, 0) is 30.7 Å². The molecule has 2 aromatic rings. The molecule has 0 bridgehead atoms. The molecule has 7 heteroatoms. The molecule has 2 heterocycles. The van der Waals surface area contributed by atoms with Crippen LogP contribution < -0.4 is 11.3 Å². The number of nitrogens with zero attached hydrogens (tertiary/aromatic N) is 2. The van der Waals surface area contributed by atoms with Gasteiger partial charge in [-0.1, -0.05) is 25.6 Å². The highest BCUT2D eigenvalue weighted by atomic mass is 32.2. The Balaban J connectivity index is 2.16. The van der Waals surface area contributed by atoms with E-state index in [0.29, 0.717) is 17.6 Å². The van der Waals surface area contributed by atoms with Gasteiger partial charge in [0.05, 0.1) is 11.1 Å². The fourth-order valence-electron chi connectivity index (χ4n) is 2.83. The summed E-state index contributed by atoms with van der Waals surface area (Å²) in [6, 6.07) is 0. The summed E-state index contributed by atoms with van der Waals surface area (Å²) in [6.07, 6.45) is 3.14. The smallest absolute Gasteiger partial charge is 0.263 e. The number of rotatable bonds is 5. The van der Waals surface area contributed by atoms with Gasteiger partial charge >= 0.3 is 0 Å². The fourth-order valence-corrected chi connectivity index (χ4v) is 4.88. The lowest BCUT2D eigenvalue weighted by Crippen LogP contribution is -2.26. The van der Waals surface area contributed by atoms with E-state index in [9.17, 15) is 9.59 Å². The number of fused-ring (bicyclic) bond motifs is 3. The molecule has 0 radical (unpaired) electrons. The normalized spacial score (nSPS) is 14.0. The number of aromatic nitrogens is 2. The molecule has 0 spiro atoms. The number of nitrogens with two attached hydrogens (primary N) is 1. The van der Waals surface area contributed by atoms with Crippen molar-refractivity contribution in [1.29, 1.82) is 0 Å². The van der Waals surface area contributed by atoms with Crippen molar-refractivity contribution in [1.82, 2.24) is 9.55 Å². The van der Waals surface area contributed by atoms with Crippen molar-refractivity contribution >= 4 is 39.2 Å². The maximum Gasteiger partial charge on any atom is 0.263 e. The minimum atomic E-state index is -0.399. The third kappa shape index (κ3) is 2.79. The lowest BCUT2D eigenvalue weighted by atomic mass is 10.2. The Morgan fingerprint density at radius 3 is 2.91 bits per heavy atom. The molecule has 0 saturated carbocycles. The zero-order valence-corrected chi connectivity index (χ0v) is 14.4. The standard InChI is InChI=1S/C15H19N3O2S2/c1-8(2)6-18-14(20)12-9-4-3-5-10(9)22-13(12)17-15(18)21-7-11(16)19/h8H,3-7H2,1-2H3,(H2,16,19). The number of thioether (sulfide) groups is 1. The number of hydrogen-bond donors (Lipinski definition) is 1. The first kappa shape index (κ1) is 15.6. The van der Waals surface area contributed by atoms with Crippen molar-refractivity contribution in [2.75, 3.05) is 5.75 Å². The molecular weight excluding hydrogens is 318 g/mol. The van der Waals surface area contributed by atoms with Gasteiger partial charge in [-0.15, -0.1) is 11.3 Å². The van der Waals surface area contributed by atoms with Gasteiger partial charge in [-0.3, -0.25) is 14.2 Å². The SMILES string of the molecule is CC(C)Cn1c(SCC(N)=O)nc2sc3c(c2c1=O)CCC3. The zero-order chi connectivity index (χ0) is 15.9. The first-order chi connectivity index (χ1) is 10.5. The van der Waals surface area contributed by atoms with Gasteiger partial charge in [0.2, 0.25) is 5.91 Å². The number of primary amides is 1. The van der Waals surface area contributed by atoms with E-state index in [1.54, 1.807) is 15.9 Å². The molecule has 0 aromatic carbocycles. The maximum atomic E-state index is 13.0. The van der Waals surface area contributed by atoms with E-state index in [4.69, 9.17) is 5.73 Å². The Kier molecular flexibility index (Phi) is 4.27. The highest BCUT2D eigenvalue weighted by Gasteiger charge is 2.23. The van der Waals surface area contributed by atoms with Crippen molar-refractivity contribution in [3.8, 4) is 0 Å². The van der Waals surface area contributed by atoms with E-state index in [2.05, 4.69) is 18.8 Å². The summed E-state index contributed by atoms with van der Waals surface area (Å²) in [4.78, 5) is 30.8. The van der Waals surface area contributed by atoms with Gasteiger partial charge in [0.15, 0.2) is 5.16 Å². The molecule has 118 valence electrons. The van der Waals surface area contributed by atoms with Crippen LogP contribution in [0.15, 0.2) is 9.95 Å². The van der Waals surface area contributed by atoms with Gasteiger partial charge in [0, 0.05) is 11.4 Å². The summed E-state index contributed by atoms with van der Waals surface area (Å²) < 4.78 is 1.71. The molecule has 5 nitrogen and oxygen atoms in total. The van der Waals surface area contributed by atoms with Crippen molar-refractivity contribution in [2.45, 2.75) is 44.8 Å². The summed E-state index contributed by atoms with van der Waals surface area (Å²) >= 11 is 2.87. The third-order valence-electron chi connectivity index (χ3n) is 3.68. The van der Waals surface area contributed by atoms with E-state index in [-0.39, 0.29) is 11.3 Å². The molecular formula is C15H19N3O2S2. The number of carbonyl (C=O) groups excluding carboxylic acids is 1. The second-order valence-electron chi connectivity index (χ2n) is 6.00. The van der Waals surface area contributed by atoms with Crippen LogP contribution in [0.3, 0.4) is 0 Å². The average molecular weight is 337 g/mol. The van der Waals surface area contributed by atoms with Gasteiger partial charge < -0.3 is 5.73 Å². The molecule has 2 aromatic heterocycles. The van der Waals surface area contributed by atoms with Crippen LogP contribution in [0.4, 0.5) is 0 Å². The van der Waals surface area contributed by atoms with Crippen molar-refractivity contribution in [3.63, 3.8) is 0 Å². The molecule has 0 unspecified atom stereocenters. The predicted molar refractivity (Wildman–Crippen MR) is 90.7 cm³/mol. The van der Waals surface area contributed by atoms with E-state index in [1.165, 1.54) is 22.2 Å². The van der Waals surface area contributed by atoms with Gasteiger partial charge in [0.25, 0.3) is 5.56 Å². The summed E-state index contributed by atoms with van der Waals surface area (Å²) in [7, 11) is 0. The summed E-state index contributed by atoms with van der Waals surface area (Å²) in [5, 5.41) is 1.39. The number of amides is 1. The van der Waals surface area contributed by atoms with Crippen LogP contribution in [0.25, 0.3) is 10.2 Å². The fraction of sp³-hybridized carbons (Fsp3) is 0.533. The van der Waals surface area contributed by atoms with E-state index >= 15 is 0 Å². The average Bonchev–Trinajstić information content (AvgIpc) is 2.99. The largest absolute Gasteiger partial charge is 0.369 e. The van der Waals surface area contributed by atoms with E-state index < -0.39 is 5.91 Å². The predicted octanol–water partition coefficient (Wildman–Crippen LogP) is 2.18. The molecule has 0 atom stereocenters. The van der Waals surface area contributed by atoms with Crippen LogP contribution in [0.1, 0.15) is 30.7 Å². The molecule has 0 saturated heterocycles. The number of hydrogen-bond acceptors (Lipinski definition) is 5. The lowest BCUT2D eigenvalue weighted by Gasteiger charge is -2.13. The Morgan fingerprint density at radius 2 is 2.23 bits per heavy atom. The molecule has 0 fully saturated rings. The number of thiophene rings is 1. The van der Waals surface area contributed by atoms with Crippen molar-refractivity contribution < 1.29 is 4.79 Å². The summed E-state index contributed by atoms with van der Waals surface area (Å²) in [5.74, 6) is 0.0712. The third-order valence-corrected chi connectivity index (χ3v) is 5.87. The molecule has 1 aliphatic carbocycles. The van der Waals surface area contributed by atoms with Crippen LogP contribution in [0.2, 0.25) is 0 Å². The zero-order valence-electron chi connectivity index (χ0n) is 12.7. The second-order valence-corrected chi connectivity index (χ2v) is 8.02. The quantitative estimate of drug-likeness (QED) is 0.670. The Hall–Kier alpha value is -1.34. The molecule has 2 N–H and O–H groups in total. The molecule has 1 amide bonds. The second kappa shape index (κ2) is 6.04. The Bertz CT molecular complexity index is 792. The number of carbonyl (C=O) groups is 1. The molecule has 22 heavy (non-hydrogen) atoms. The Labute approximate surface area is 136 Å². The first-order valence-corrected chi connectivity index (χ1v) is 9.23. The monoisotopic (exact) mass is 337 g/mol. The minimum Gasteiger partial charge on any atom is -0.369 e. The topological polar surface area (TPSA) is 78.0 Å². The van der Waals surface area contributed by atoms with Crippen LogP contribution in [0, 0.1) is 5.92 Å². The molecule has 0 aliphatic heterocycles. The summed E-state index contributed by atoms with van der Waals surface area (Å²) in [5.41, 5.74) is 6.46. The first-order valence-electron chi connectivity index (χ1n) is 7.43.